The van der Waals surface area contributed by atoms with Gasteiger partial charge in [0.15, 0.2) is 5.82 Å². The van der Waals surface area contributed by atoms with Crippen LogP contribution < -0.4 is 5.32 Å². The van der Waals surface area contributed by atoms with Crippen LogP contribution >= 0.6 is 0 Å². The predicted octanol–water partition coefficient (Wildman–Crippen LogP) is 3.09. The monoisotopic (exact) mass is 359 g/mol. The van der Waals surface area contributed by atoms with Crippen molar-refractivity contribution < 1.29 is 9.59 Å². The number of Topliss-reactive ketones (excluding diaryl/α,β-unsaturated/α-hetero) is 1. The minimum absolute atomic E-state index is 0.396. The Morgan fingerprint density at radius 1 is 1.11 bits per heavy atom. The lowest BCUT2D eigenvalue weighted by atomic mass is 10.1. The van der Waals surface area contributed by atoms with E-state index >= 15 is 0 Å². The third kappa shape index (κ3) is 2.99. The first-order valence-electron chi connectivity index (χ1n) is 8.42. The van der Waals surface area contributed by atoms with Gasteiger partial charge in [-0.25, -0.2) is 0 Å². The number of fused-ring (bicyclic) bond motifs is 1. The number of aromatic nitrogens is 4. The maximum absolute atomic E-state index is 12.8. The van der Waals surface area contributed by atoms with Crippen molar-refractivity contribution in [2.75, 3.05) is 5.32 Å². The highest BCUT2D eigenvalue weighted by Gasteiger charge is 2.22. The Bertz CT molecular complexity index is 1170. The lowest BCUT2D eigenvalue weighted by Gasteiger charge is -2.07. The van der Waals surface area contributed by atoms with Gasteiger partial charge in [-0.2, -0.15) is 0 Å². The van der Waals surface area contributed by atoms with Crippen molar-refractivity contribution in [3.8, 4) is 11.4 Å². The fourth-order valence-corrected chi connectivity index (χ4v) is 3.15. The Kier molecular flexibility index (Phi) is 4.04. The van der Waals surface area contributed by atoms with Gasteiger partial charge in [0.1, 0.15) is 6.33 Å². The normalized spacial score (nSPS) is 10.9. The number of amides is 1. The molecule has 0 atom stereocenters. The zero-order valence-corrected chi connectivity index (χ0v) is 14.9. The molecule has 0 aliphatic rings. The number of rotatable bonds is 4. The maximum Gasteiger partial charge on any atom is 0.296 e. The van der Waals surface area contributed by atoms with Crippen molar-refractivity contribution in [1.82, 2.24) is 19.7 Å². The van der Waals surface area contributed by atoms with Gasteiger partial charge in [-0.05, 0) is 25.1 Å². The third-order valence-electron chi connectivity index (χ3n) is 4.42. The molecule has 0 radical (unpaired) electrons. The van der Waals surface area contributed by atoms with Gasteiger partial charge in [-0.1, -0.05) is 30.3 Å². The van der Waals surface area contributed by atoms with Crippen molar-refractivity contribution in [3.05, 3.63) is 66.1 Å². The van der Waals surface area contributed by atoms with Gasteiger partial charge >= 0.3 is 0 Å². The molecule has 27 heavy (non-hydrogen) atoms. The van der Waals surface area contributed by atoms with Crippen molar-refractivity contribution in [2.45, 2.75) is 6.92 Å². The van der Waals surface area contributed by atoms with E-state index in [2.05, 4.69) is 20.5 Å². The van der Waals surface area contributed by atoms with E-state index in [9.17, 15) is 9.59 Å². The summed E-state index contributed by atoms with van der Waals surface area (Å²) in [5, 5.41) is 11.3. The summed E-state index contributed by atoms with van der Waals surface area (Å²) in [6.45, 7) is 1.79. The molecule has 0 aliphatic carbocycles. The molecule has 2 aromatic heterocycles. The molecular formula is C20H17N5O2. The molecule has 0 spiro atoms. The van der Waals surface area contributed by atoms with Gasteiger partial charge in [0.25, 0.3) is 11.7 Å². The minimum atomic E-state index is -0.682. The van der Waals surface area contributed by atoms with Crippen LogP contribution in [0.4, 0.5) is 5.69 Å². The molecule has 0 saturated carbocycles. The summed E-state index contributed by atoms with van der Waals surface area (Å²) in [5.74, 6) is -0.586. The minimum Gasteiger partial charge on any atom is -0.358 e. The number of aryl methyl sites for hydroxylation is 2. The number of benzene rings is 2. The second-order valence-electron chi connectivity index (χ2n) is 6.30. The fourth-order valence-electron chi connectivity index (χ4n) is 3.15. The summed E-state index contributed by atoms with van der Waals surface area (Å²) in [6.07, 6.45) is 1.60. The molecule has 2 heterocycles. The predicted molar refractivity (Wildman–Crippen MR) is 102 cm³/mol. The fraction of sp³-hybridized carbons (Fsp3) is 0.100. The number of anilines is 1. The number of hydrogen-bond acceptors (Lipinski definition) is 4. The van der Waals surface area contributed by atoms with Crippen molar-refractivity contribution in [3.63, 3.8) is 0 Å². The zero-order valence-electron chi connectivity index (χ0n) is 14.9. The van der Waals surface area contributed by atoms with Gasteiger partial charge in [0, 0.05) is 34.9 Å². The van der Waals surface area contributed by atoms with Crippen molar-refractivity contribution in [2.24, 2.45) is 7.05 Å². The van der Waals surface area contributed by atoms with E-state index in [1.807, 2.05) is 37.4 Å². The number of carbonyl (C=O) groups excluding carboxylic acids is 2. The van der Waals surface area contributed by atoms with Crippen LogP contribution in [0.15, 0.2) is 54.9 Å². The summed E-state index contributed by atoms with van der Waals surface area (Å²) in [4.78, 5) is 28.5. The van der Waals surface area contributed by atoms with Crippen LogP contribution in [-0.2, 0) is 11.8 Å². The Morgan fingerprint density at radius 3 is 2.70 bits per heavy atom. The lowest BCUT2D eigenvalue weighted by Crippen LogP contribution is -2.23. The first-order chi connectivity index (χ1) is 13.0. The average molecular weight is 359 g/mol. The standard InChI is InChI=1S/C20H17N5O2/c1-12-17(15-8-3-4-9-16(15)22-12)18(26)20(27)23-14-7-5-6-13(10-14)19-24-21-11-25(19)2/h3-11,22H,1-2H3,(H,23,27). The SMILES string of the molecule is Cc1[nH]c2ccccc2c1C(=O)C(=O)Nc1cccc(-c2nncn2C)c1. The van der Waals surface area contributed by atoms with Crippen LogP contribution in [0.2, 0.25) is 0 Å². The Balaban J connectivity index is 1.62. The topological polar surface area (TPSA) is 92.7 Å². The molecule has 4 rings (SSSR count). The maximum atomic E-state index is 12.8. The lowest BCUT2D eigenvalue weighted by molar-refractivity contribution is -0.112. The largest absolute Gasteiger partial charge is 0.358 e. The summed E-state index contributed by atoms with van der Waals surface area (Å²) in [5.41, 5.74) is 3.21. The highest BCUT2D eigenvalue weighted by atomic mass is 16.2. The van der Waals surface area contributed by atoms with Gasteiger partial charge in [-0.3, -0.25) is 9.59 Å². The molecular weight excluding hydrogens is 342 g/mol. The van der Waals surface area contributed by atoms with E-state index in [0.29, 0.717) is 22.8 Å². The van der Waals surface area contributed by atoms with Crippen LogP contribution in [0, 0.1) is 6.92 Å². The van der Waals surface area contributed by atoms with Crippen LogP contribution in [0.25, 0.3) is 22.3 Å². The number of nitrogens with zero attached hydrogens (tertiary/aromatic N) is 3. The molecule has 2 aromatic carbocycles. The molecule has 1 amide bonds. The molecule has 0 unspecified atom stereocenters. The number of carbonyl (C=O) groups is 2. The number of hydrogen-bond donors (Lipinski definition) is 2. The quantitative estimate of drug-likeness (QED) is 0.432. The molecule has 2 N–H and O–H groups in total. The Morgan fingerprint density at radius 2 is 1.93 bits per heavy atom. The zero-order chi connectivity index (χ0) is 19.0. The molecule has 4 aromatic rings. The molecule has 134 valence electrons. The van der Waals surface area contributed by atoms with Gasteiger partial charge in [0.2, 0.25) is 0 Å². The molecule has 0 fully saturated rings. The third-order valence-corrected chi connectivity index (χ3v) is 4.42. The summed E-state index contributed by atoms with van der Waals surface area (Å²) in [7, 11) is 1.84. The van der Waals surface area contributed by atoms with E-state index in [1.165, 1.54) is 0 Å². The van der Waals surface area contributed by atoms with Crippen LogP contribution in [0.5, 0.6) is 0 Å². The first-order valence-corrected chi connectivity index (χ1v) is 8.42. The van der Waals surface area contributed by atoms with E-state index in [1.54, 1.807) is 36.0 Å². The van der Waals surface area contributed by atoms with E-state index in [0.717, 1.165) is 16.5 Å². The Hall–Kier alpha value is -3.74. The average Bonchev–Trinajstić information content (AvgIpc) is 3.23. The molecule has 0 aliphatic heterocycles. The molecule has 0 saturated heterocycles. The molecule has 0 bridgehead atoms. The van der Waals surface area contributed by atoms with E-state index in [-0.39, 0.29) is 0 Å². The Labute approximate surface area is 155 Å². The van der Waals surface area contributed by atoms with Crippen molar-refractivity contribution >= 4 is 28.3 Å². The van der Waals surface area contributed by atoms with Crippen LogP contribution in [-0.4, -0.2) is 31.4 Å². The molecule has 7 heteroatoms. The van der Waals surface area contributed by atoms with E-state index < -0.39 is 11.7 Å². The number of H-pyrrole nitrogens is 1. The second-order valence-corrected chi connectivity index (χ2v) is 6.30. The highest BCUT2D eigenvalue weighted by molar-refractivity contribution is 6.48. The number of nitrogens with one attached hydrogen (secondary N) is 2. The second kappa shape index (κ2) is 6.53. The number of aromatic amines is 1. The van der Waals surface area contributed by atoms with Gasteiger partial charge in [-0.15, -0.1) is 10.2 Å². The highest BCUT2D eigenvalue weighted by Crippen LogP contribution is 2.24. The van der Waals surface area contributed by atoms with Gasteiger partial charge in [0.05, 0.1) is 5.56 Å². The smallest absolute Gasteiger partial charge is 0.296 e. The van der Waals surface area contributed by atoms with Crippen LogP contribution in [0.3, 0.4) is 0 Å². The van der Waals surface area contributed by atoms with E-state index in [4.69, 9.17) is 0 Å². The summed E-state index contributed by atoms with van der Waals surface area (Å²) < 4.78 is 1.78. The number of ketones is 1. The number of para-hydroxylation sites is 1. The van der Waals surface area contributed by atoms with Crippen molar-refractivity contribution in [1.29, 1.82) is 0 Å². The first kappa shape index (κ1) is 16.7. The van der Waals surface area contributed by atoms with Gasteiger partial charge < -0.3 is 14.9 Å². The summed E-state index contributed by atoms with van der Waals surface area (Å²) in [6, 6.07) is 14.6. The van der Waals surface area contributed by atoms with Crippen LogP contribution in [0.1, 0.15) is 16.1 Å². The summed E-state index contributed by atoms with van der Waals surface area (Å²) >= 11 is 0. The molecule has 7 nitrogen and oxygen atoms in total.